The van der Waals surface area contributed by atoms with E-state index in [4.69, 9.17) is 11.6 Å². The predicted octanol–water partition coefficient (Wildman–Crippen LogP) is 3.31. The Morgan fingerprint density at radius 1 is 1.35 bits per heavy atom. The summed E-state index contributed by atoms with van der Waals surface area (Å²) in [7, 11) is 0. The maximum atomic E-state index is 13.3. The number of hydrogen-bond donors (Lipinski definition) is 0. The molecule has 1 aromatic carbocycles. The topological polar surface area (TPSA) is 43.6 Å². The normalized spacial score (nSPS) is 12.8. The molecule has 3 aromatic rings. The van der Waals surface area contributed by atoms with Crippen molar-refractivity contribution < 1.29 is 4.39 Å². The zero-order valence-electron chi connectivity index (χ0n) is 10.8. The fourth-order valence-corrected chi connectivity index (χ4v) is 2.34. The number of fused-ring (bicyclic) bond motifs is 1. The van der Waals surface area contributed by atoms with Crippen LogP contribution in [0.25, 0.3) is 11.0 Å². The molecular weight excluding hydrogens is 279 g/mol. The summed E-state index contributed by atoms with van der Waals surface area (Å²) in [4.78, 5) is 4.41. The summed E-state index contributed by atoms with van der Waals surface area (Å²) < 4.78 is 15.2. The lowest BCUT2D eigenvalue weighted by Gasteiger charge is -2.09. The van der Waals surface area contributed by atoms with E-state index in [1.165, 1.54) is 12.1 Å². The molecule has 102 valence electrons. The lowest BCUT2D eigenvalue weighted by molar-refractivity contribution is 0.629. The SMILES string of the molecule is CC(Cl)c1nc2cc(F)ccc2n1Cc1cccnn1. The maximum Gasteiger partial charge on any atom is 0.128 e. The van der Waals surface area contributed by atoms with Crippen molar-refractivity contribution in [2.24, 2.45) is 0 Å². The van der Waals surface area contributed by atoms with E-state index in [1.807, 2.05) is 23.6 Å². The zero-order valence-corrected chi connectivity index (χ0v) is 11.5. The largest absolute Gasteiger partial charge is 0.321 e. The lowest BCUT2D eigenvalue weighted by atomic mass is 10.3. The number of imidazole rings is 1. The lowest BCUT2D eigenvalue weighted by Crippen LogP contribution is -2.07. The third-order valence-electron chi connectivity index (χ3n) is 3.04. The van der Waals surface area contributed by atoms with Crippen LogP contribution in [0.15, 0.2) is 36.5 Å². The van der Waals surface area contributed by atoms with E-state index in [2.05, 4.69) is 15.2 Å². The van der Waals surface area contributed by atoms with Crippen molar-refractivity contribution in [2.75, 3.05) is 0 Å². The van der Waals surface area contributed by atoms with Crippen LogP contribution in [0.2, 0.25) is 0 Å². The Morgan fingerprint density at radius 3 is 2.90 bits per heavy atom. The molecule has 2 aromatic heterocycles. The Morgan fingerprint density at radius 2 is 2.20 bits per heavy atom. The molecule has 0 saturated heterocycles. The average molecular weight is 291 g/mol. The number of halogens is 2. The van der Waals surface area contributed by atoms with Crippen LogP contribution < -0.4 is 0 Å². The first kappa shape index (κ1) is 13.0. The van der Waals surface area contributed by atoms with E-state index in [9.17, 15) is 4.39 Å². The van der Waals surface area contributed by atoms with Crippen LogP contribution in [-0.2, 0) is 6.54 Å². The number of rotatable bonds is 3. The van der Waals surface area contributed by atoms with Crippen LogP contribution in [0.5, 0.6) is 0 Å². The van der Waals surface area contributed by atoms with Crippen LogP contribution in [-0.4, -0.2) is 19.7 Å². The second-order valence-electron chi connectivity index (χ2n) is 4.52. The third kappa shape index (κ3) is 2.36. The van der Waals surface area contributed by atoms with Gasteiger partial charge in [0.2, 0.25) is 0 Å². The van der Waals surface area contributed by atoms with Gasteiger partial charge in [-0.15, -0.1) is 11.6 Å². The van der Waals surface area contributed by atoms with Gasteiger partial charge in [0.15, 0.2) is 0 Å². The fourth-order valence-electron chi connectivity index (χ4n) is 2.17. The number of aromatic nitrogens is 4. The summed E-state index contributed by atoms with van der Waals surface area (Å²) in [6, 6.07) is 8.23. The minimum Gasteiger partial charge on any atom is -0.321 e. The molecule has 0 saturated carbocycles. The standard InChI is InChI=1S/C14H12ClFN4/c1-9(15)14-18-12-7-10(16)4-5-13(12)20(14)8-11-3-2-6-17-19-11/h2-7,9H,8H2,1H3. The molecule has 0 spiro atoms. The van der Waals surface area contributed by atoms with E-state index >= 15 is 0 Å². The molecule has 0 bridgehead atoms. The van der Waals surface area contributed by atoms with Gasteiger partial charge in [-0.25, -0.2) is 9.37 Å². The first-order chi connectivity index (χ1) is 9.65. The van der Waals surface area contributed by atoms with Gasteiger partial charge in [0.05, 0.1) is 28.6 Å². The van der Waals surface area contributed by atoms with E-state index in [0.717, 1.165) is 11.2 Å². The monoisotopic (exact) mass is 290 g/mol. The number of nitrogens with zero attached hydrogens (tertiary/aromatic N) is 4. The van der Waals surface area contributed by atoms with E-state index in [-0.39, 0.29) is 11.2 Å². The van der Waals surface area contributed by atoms with Crippen LogP contribution >= 0.6 is 11.6 Å². The van der Waals surface area contributed by atoms with E-state index in [1.54, 1.807) is 12.3 Å². The van der Waals surface area contributed by atoms with Crippen molar-refractivity contribution in [2.45, 2.75) is 18.8 Å². The molecule has 0 N–H and O–H groups in total. The van der Waals surface area contributed by atoms with Gasteiger partial charge in [-0.3, -0.25) is 0 Å². The number of alkyl halides is 1. The Kier molecular flexibility index (Phi) is 3.36. The highest BCUT2D eigenvalue weighted by molar-refractivity contribution is 6.20. The van der Waals surface area contributed by atoms with Crippen molar-refractivity contribution in [3.63, 3.8) is 0 Å². The van der Waals surface area contributed by atoms with Gasteiger partial charge in [0, 0.05) is 12.3 Å². The smallest absolute Gasteiger partial charge is 0.128 e. The first-order valence-electron chi connectivity index (χ1n) is 6.21. The zero-order chi connectivity index (χ0) is 14.1. The third-order valence-corrected chi connectivity index (χ3v) is 3.24. The molecule has 2 heterocycles. The highest BCUT2D eigenvalue weighted by Crippen LogP contribution is 2.25. The van der Waals surface area contributed by atoms with Crippen molar-refractivity contribution in [3.8, 4) is 0 Å². The summed E-state index contributed by atoms with van der Waals surface area (Å²) >= 11 is 6.17. The van der Waals surface area contributed by atoms with Crippen molar-refractivity contribution >= 4 is 22.6 Å². The fraction of sp³-hybridized carbons (Fsp3) is 0.214. The second-order valence-corrected chi connectivity index (χ2v) is 5.17. The molecule has 20 heavy (non-hydrogen) atoms. The van der Waals surface area contributed by atoms with Crippen molar-refractivity contribution in [3.05, 3.63) is 53.9 Å². The molecule has 3 rings (SSSR count). The minimum atomic E-state index is -0.310. The van der Waals surface area contributed by atoms with Gasteiger partial charge in [0.1, 0.15) is 11.6 Å². The quantitative estimate of drug-likeness (QED) is 0.695. The van der Waals surface area contributed by atoms with Gasteiger partial charge < -0.3 is 4.57 Å². The predicted molar refractivity (Wildman–Crippen MR) is 75.1 cm³/mol. The molecule has 0 aliphatic carbocycles. The first-order valence-corrected chi connectivity index (χ1v) is 6.65. The maximum absolute atomic E-state index is 13.3. The summed E-state index contributed by atoms with van der Waals surface area (Å²) in [6.07, 6.45) is 1.62. The van der Waals surface area contributed by atoms with Gasteiger partial charge >= 0.3 is 0 Å². The van der Waals surface area contributed by atoms with Gasteiger partial charge in [-0.1, -0.05) is 0 Å². The van der Waals surface area contributed by atoms with Crippen LogP contribution in [0.3, 0.4) is 0 Å². The molecule has 1 atom stereocenters. The van der Waals surface area contributed by atoms with Gasteiger partial charge in [-0.05, 0) is 31.2 Å². The van der Waals surface area contributed by atoms with Crippen LogP contribution in [0.1, 0.15) is 23.8 Å². The molecule has 0 amide bonds. The molecule has 0 aliphatic heterocycles. The molecule has 0 fully saturated rings. The molecule has 0 aliphatic rings. The number of hydrogen-bond acceptors (Lipinski definition) is 3. The molecular formula is C14H12ClFN4. The Balaban J connectivity index is 2.14. The summed E-state index contributed by atoms with van der Waals surface area (Å²) in [5.74, 6) is 0.383. The summed E-state index contributed by atoms with van der Waals surface area (Å²) in [6.45, 7) is 2.34. The molecule has 6 heteroatoms. The van der Waals surface area contributed by atoms with Gasteiger partial charge in [-0.2, -0.15) is 10.2 Å². The minimum absolute atomic E-state index is 0.276. The molecule has 1 unspecified atom stereocenters. The highest BCUT2D eigenvalue weighted by atomic mass is 35.5. The number of benzene rings is 1. The molecule has 4 nitrogen and oxygen atoms in total. The Labute approximate surface area is 120 Å². The highest BCUT2D eigenvalue weighted by Gasteiger charge is 2.16. The molecule has 0 radical (unpaired) electrons. The van der Waals surface area contributed by atoms with Gasteiger partial charge in [0.25, 0.3) is 0 Å². The van der Waals surface area contributed by atoms with Crippen LogP contribution in [0.4, 0.5) is 4.39 Å². The average Bonchev–Trinajstić information content (AvgIpc) is 2.78. The second kappa shape index (κ2) is 5.17. The summed E-state index contributed by atoms with van der Waals surface area (Å²) in [5.41, 5.74) is 2.23. The van der Waals surface area contributed by atoms with Crippen molar-refractivity contribution in [1.82, 2.24) is 19.7 Å². The summed E-state index contributed by atoms with van der Waals surface area (Å²) in [5, 5.41) is 7.64. The Hall–Kier alpha value is -2.01. The Bertz CT molecular complexity index is 740. The van der Waals surface area contributed by atoms with E-state index in [0.29, 0.717) is 17.9 Å². The van der Waals surface area contributed by atoms with Crippen LogP contribution in [0, 0.1) is 5.82 Å². The van der Waals surface area contributed by atoms with Crippen molar-refractivity contribution in [1.29, 1.82) is 0 Å². The van der Waals surface area contributed by atoms with E-state index < -0.39 is 0 Å².